The minimum absolute atomic E-state index is 0.101. The van der Waals surface area contributed by atoms with E-state index in [0.29, 0.717) is 6.61 Å². The van der Waals surface area contributed by atoms with Crippen molar-refractivity contribution in [2.75, 3.05) is 18.5 Å². The molecule has 0 aliphatic carbocycles. The van der Waals surface area contributed by atoms with Crippen LogP contribution in [0.15, 0.2) is 48.2 Å². The summed E-state index contributed by atoms with van der Waals surface area (Å²) >= 11 is 0. The van der Waals surface area contributed by atoms with Gasteiger partial charge in [-0.05, 0) is 43.8 Å². The molecule has 5 nitrogen and oxygen atoms in total. The van der Waals surface area contributed by atoms with Crippen molar-refractivity contribution in [1.29, 1.82) is 0 Å². The van der Waals surface area contributed by atoms with E-state index in [2.05, 4.69) is 24.9 Å². The molecule has 0 amide bonds. The Labute approximate surface area is 149 Å². The molecule has 1 fully saturated rings. The SMILES string of the molecule is C=CNc1ccn(C)c1C(C)=Nc1ccc(C)cc1OC1CCOC1. The molecule has 1 aromatic carbocycles. The van der Waals surface area contributed by atoms with E-state index < -0.39 is 0 Å². The number of benzene rings is 1. The van der Waals surface area contributed by atoms with Gasteiger partial charge in [0.25, 0.3) is 0 Å². The fourth-order valence-electron chi connectivity index (χ4n) is 3.03. The monoisotopic (exact) mass is 339 g/mol. The number of nitrogens with zero attached hydrogens (tertiary/aromatic N) is 2. The molecular formula is C20H25N3O2. The zero-order valence-corrected chi connectivity index (χ0v) is 15.1. The van der Waals surface area contributed by atoms with E-state index in [1.807, 2.05) is 42.9 Å². The molecule has 0 saturated carbocycles. The maximum atomic E-state index is 6.14. The van der Waals surface area contributed by atoms with Crippen molar-refractivity contribution in [3.63, 3.8) is 0 Å². The molecule has 1 atom stereocenters. The van der Waals surface area contributed by atoms with Crippen LogP contribution in [0, 0.1) is 6.92 Å². The maximum Gasteiger partial charge on any atom is 0.145 e. The van der Waals surface area contributed by atoms with Crippen LogP contribution < -0.4 is 10.1 Å². The fourth-order valence-corrected chi connectivity index (χ4v) is 3.03. The van der Waals surface area contributed by atoms with E-state index in [0.717, 1.165) is 47.1 Å². The van der Waals surface area contributed by atoms with Crippen molar-refractivity contribution in [2.45, 2.75) is 26.4 Å². The average Bonchev–Trinajstić information content (AvgIpc) is 3.20. The molecule has 1 N–H and O–H groups in total. The van der Waals surface area contributed by atoms with E-state index in [9.17, 15) is 0 Å². The Morgan fingerprint density at radius 2 is 2.28 bits per heavy atom. The minimum Gasteiger partial charge on any atom is -0.486 e. The number of hydrogen-bond acceptors (Lipinski definition) is 4. The fraction of sp³-hybridized carbons (Fsp3) is 0.350. The van der Waals surface area contributed by atoms with Crippen LogP contribution in [0.4, 0.5) is 11.4 Å². The van der Waals surface area contributed by atoms with Gasteiger partial charge in [-0.25, -0.2) is 4.99 Å². The van der Waals surface area contributed by atoms with Crippen LogP contribution in [-0.2, 0) is 11.8 Å². The molecular weight excluding hydrogens is 314 g/mol. The second-order valence-electron chi connectivity index (χ2n) is 6.31. The van der Waals surface area contributed by atoms with Gasteiger partial charge in [0.15, 0.2) is 0 Å². The van der Waals surface area contributed by atoms with Crippen LogP contribution in [0.2, 0.25) is 0 Å². The third-order valence-electron chi connectivity index (χ3n) is 4.26. The molecule has 1 unspecified atom stereocenters. The minimum atomic E-state index is 0.101. The summed E-state index contributed by atoms with van der Waals surface area (Å²) in [7, 11) is 2.01. The highest BCUT2D eigenvalue weighted by Crippen LogP contribution is 2.32. The first kappa shape index (κ1) is 17.3. The van der Waals surface area contributed by atoms with E-state index in [-0.39, 0.29) is 6.10 Å². The Morgan fingerprint density at radius 3 is 3.00 bits per heavy atom. The van der Waals surface area contributed by atoms with E-state index in [1.165, 1.54) is 0 Å². The maximum absolute atomic E-state index is 6.14. The molecule has 3 rings (SSSR count). The second kappa shape index (κ2) is 7.57. The highest BCUT2D eigenvalue weighted by molar-refractivity contribution is 6.03. The largest absolute Gasteiger partial charge is 0.486 e. The molecule has 132 valence electrons. The topological polar surface area (TPSA) is 47.8 Å². The first-order valence-corrected chi connectivity index (χ1v) is 8.52. The second-order valence-corrected chi connectivity index (χ2v) is 6.31. The average molecular weight is 339 g/mol. The number of ether oxygens (including phenoxy) is 2. The number of aliphatic imine (C=N–C) groups is 1. The summed E-state index contributed by atoms with van der Waals surface area (Å²) in [5.41, 5.74) is 4.90. The Bertz CT molecular complexity index is 786. The van der Waals surface area contributed by atoms with Crippen LogP contribution in [0.5, 0.6) is 5.75 Å². The zero-order chi connectivity index (χ0) is 17.8. The van der Waals surface area contributed by atoms with E-state index in [4.69, 9.17) is 14.5 Å². The summed E-state index contributed by atoms with van der Waals surface area (Å²) in [4.78, 5) is 4.84. The van der Waals surface area contributed by atoms with Crippen molar-refractivity contribution < 1.29 is 9.47 Å². The summed E-state index contributed by atoms with van der Waals surface area (Å²) in [5.74, 6) is 0.808. The lowest BCUT2D eigenvalue weighted by atomic mass is 10.2. The summed E-state index contributed by atoms with van der Waals surface area (Å²) < 4.78 is 13.6. The lowest BCUT2D eigenvalue weighted by Gasteiger charge is -2.15. The predicted molar refractivity (Wildman–Crippen MR) is 102 cm³/mol. The smallest absolute Gasteiger partial charge is 0.145 e. The number of hydrogen-bond donors (Lipinski definition) is 1. The molecule has 1 saturated heterocycles. The predicted octanol–water partition coefficient (Wildman–Crippen LogP) is 4.20. The normalized spacial score (nSPS) is 17.6. The third kappa shape index (κ3) is 3.94. The number of rotatable bonds is 6. The highest BCUT2D eigenvalue weighted by Gasteiger charge is 2.19. The first-order valence-electron chi connectivity index (χ1n) is 8.52. The highest BCUT2D eigenvalue weighted by atomic mass is 16.5. The van der Waals surface area contributed by atoms with Crippen molar-refractivity contribution in [3.8, 4) is 5.75 Å². The van der Waals surface area contributed by atoms with E-state index in [1.54, 1.807) is 6.20 Å². The van der Waals surface area contributed by atoms with Gasteiger partial charge in [-0.3, -0.25) is 0 Å². The van der Waals surface area contributed by atoms with Crippen LogP contribution in [0.25, 0.3) is 0 Å². The molecule has 0 radical (unpaired) electrons. The van der Waals surface area contributed by atoms with Gasteiger partial charge in [0.1, 0.15) is 17.5 Å². The zero-order valence-electron chi connectivity index (χ0n) is 15.1. The van der Waals surface area contributed by atoms with Crippen LogP contribution >= 0.6 is 0 Å². The Hall–Kier alpha value is -2.53. The molecule has 1 aliphatic rings. The lowest BCUT2D eigenvalue weighted by molar-refractivity contribution is 0.141. The molecule has 1 aromatic heterocycles. The Balaban J connectivity index is 1.94. The van der Waals surface area contributed by atoms with Crippen LogP contribution in [0.1, 0.15) is 24.6 Å². The van der Waals surface area contributed by atoms with Gasteiger partial charge in [0.2, 0.25) is 0 Å². The molecule has 2 heterocycles. The first-order chi connectivity index (χ1) is 12.1. The summed E-state index contributed by atoms with van der Waals surface area (Å²) in [6, 6.07) is 8.11. The molecule has 25 heavy (non-hydrogen) atoms. The van der Waals surface area contributed by atoms with Crippen LogP contribution in [-0.4, -0.2) is 29.6 Å². The summed E-state index contributed by atoms with van der Waals surface area (Å²) in [5, 5.41) is 3.16. The standard InChI is InChI=1S/C20H25N3O2/c1-5-21-18-8-10-23(4)20(18)15(3)22-17-7-6-14(2)12-19(17)25-16-9-11-24-13-16/h5-8,10,12,16,21H,1,9,11,13H2,2-4H3. The van der Waals surface area contributed by atoms with Gasteiger partial charge in [-0.15, -0.1) is 0 Å². The molecule has 1 aliphatic heterocycles. The Kier molecular flexibility index (Phi) is 5.24. The van der Waals surface area contributed by atoms with Gasteiger partial charge < -0.3 is 19.4 Å². The molecule has 0 bridgehead atoms. The van der Waals surface area contributed by atoms with Crippen molar-refractivity contribution in [2.24, 2.45) is 12.0 Å². The van der Waals surface area contributed by atoms with Gasteiger partial charge in [0, 0.05) is 19.7 Å². The number of aromatic nitrogens is 1. The quantitative estimate of drug-likeness (QED) is 0.803. The summed E-state index contributed by atoms with van der Waals surface area (Å²) in [6.45, 7) is 9.20. The lowest BCUT2D eigenvalue weighted by Crippen LogP contribution is -2.16. The number of aryl methyl sites for hydroxylation is 2. The van der Waals surface area contributed by atoms with Crippen molar-refractivity contribution in [3.05, 3.63) is 54.5 Å². The molecule has 0 spiro atoms. The summed E-state index contributed by atoms with van der Waals surface area (Å²) in [6.07, 6.45) is 4.69. The number of anilines is 1. The van der Waals surface area contributed by atoms with Gasteiger partial charge >= 0.3 is 0 Å². The molecule has 2 aromatic rings. The van der Waals surface area contributed by atoms with Gasteiger partial charge in [0.05, 0.1) is 30.3 Å². The van der Waals surface area contributed by atoms with E-state index >= 15 is 0 Å². The van der Waals surface area contributed by atoms with Gasteiger partial charge in [-0.2, -0.15) is 0 Å². The Morgan fingerprint density at radius 1 is 1.44 bits per heavy atom. The third-order valence-corrected chi connectivity index (χ3v) is 4.26. The van der Waals surface area contributed by atoms with Crippen molar-refractivity contribution in [1.82, 2.24) is 4.57 Å². The van der Waals surface area contributed by atoms with Gasteiger partial charge in [-0.1, -0.05) is 12.6 Å². The van der Waals surface area contributed by atoms with Crippen molar-refractivity contribution >= 4 is 17.1 Å². The molecule has 5 heteroatoms. The number of nitrogens with one attached hydrogen (secondary N) is 1. The van der Waals surface area contributed by atoms with Crippen LogP contribution in [0.3, 0.4) is 0 Å².